The van der Waals surface area contributed by atoms with Gasteiger partial charge in [0.05, 0.1) is 33.0 Å². The molecule has 4 saturated carbocycles. The molecular formula is C94H133F15O28. The normalized spacial score (nSPS) is 30.3. The van der Waals surface area contributed by atoms with Gasteiger partial charge in [-0.1, -0.05) is 100 Å². The lowest BCUT2D eigenvalue weighted by atomic mass is 9.73. The zero-order valence-electron chi connectivity index (χ0n) is 81.5. The third-order valence-corrected chi connectivity index (χ3v) is 28.0. The van der Waals surface area contributed by atoms with Gasteiger partial charge in [0.2, 0.25) is 12.2 Å². The van der Waals surface area contributed by atoms with Crippen molar-refractivity contribution in [3.63, 3.8) is 0 Å². The minimum absolute atomic E-state index is 0.0236. The lowest BCUT2D eigenvalue weighted by molar-refractivity contribution is -0.315. The van der Waals surface area contributed by atoms with E-state index < -0.39 is 239 Å². The second-order valence-corrected chi connectivity index (χ2v) is 41.4. The molecule has 1 N–H and O–H groups in total. The predicted molar refractivity (Wildman–Crippen MR) is 449 cm³/mol. The monoisotopic (exact) mass is 1990 g/mol. The van der Waals surface area contributed by atoms with E-state index in [-0.39, 0.29) is 73.8 Å². The number of aliphatic carboxylic acids is 1. The molecule has 2 bridgehead atoms. The fourth-order valence-corrected chi connectivity index (χ4v) is 16.2. The number of carbonyl (C=O) groups is 11. The predicted octanol–water partition coefficient (Wildman–Crippen LogP) is 19.0. The van der Waals surface area contributed by atoms with E-state index in [0.717, 1.165) is 32.1 Å². The summed E-state index contributed by atoms with van der Waals surface area (Å²) in [6, 6.07) is 9.08. The van der Waals surface area contributed by atoms with Gasteiger partial charge < -0.3 is 80.9 Å². The van der Waals surface area contributed by atoms with Gasteiger partial charge >= 0.3 is 96.5 Å². The molecule has 7 saturated heterocycles. The van der Waals surface area contributed by atoms with Crippen molar-refractivity contribution in [3.05, 3.63) is 35.4 Å². The van der Waals surface area contributed by atoms with Gasteiger partial charge in [-0.2, -0.15) is 65.9 Å². The second-order valence-electron chi connectivity index (χ2n) is 41.4. The molecule has 12 rings (SSSR count). The zero-order valence-corrected chi connectivity index (χ0v) is 81.5. The first-order valence-electron chi connectivity index (χ1n) is 46.4. The maximum Gasteiger partial charge on any atom is 0.434 e. The van der Waals surface area contributed by atoms with Crippen LogP contribution in [0, 0.1) is 56.2 Å². The van der Waals surface area contributed by atoms with Crippen LogP contribution >= 0.6 is 0 Å². The molecule has 28 nitrogen and oxygen atoms in total. The lowest BCUT2D eigenvalue weighted by Crippen LogP contribution is -2.48. The number of hydrogen-bond acceptors (Lipinski definition) is 27. The van der Waals surface area contributed by atoms with Crippen LogP contribution in [0.2, 0.25) is 0 Å². The standard InChI is InChI=1S/C22H26F6O9.C21H26F6O9.C18H23F3O6.C14H22.C13H24O2.C6H12O2/c1-4-19(2,3)18(31)34-12-10-11(32-15(12)30)13-16(33-10)37-20(36-13)7-5-9(6-8-20)14(29)35-17(21(23,24)25)22(26,27)28;1-5-18(2,3)17(30)34-12-10-11(32-14(12)29)13-15(33-10)36-19(4,35-13)8-6-7-9(28)31-16(20(22,23)24)21(25,26)27;1-5-16(3,4)13(22)26-11-9-6-10-12(11)27-15(24)17(10,7-9)14(23)25-8(2)18(19,20)21;1-6-11(2)12-7-9-13(10-8-12)14(3,4)5;1-5-13(3,4)12(14)15-11-8-6-10(2)7-9-11;1-4-6(2,3)5(7)8/h9-13,16-17H,4-8H2,1-3H3;10-13,15-16H,5-8H2,1-4H3;8-12H,5-7H2,1-4H3;7-11H,6H2,1-5H3;10-11H,5-9H2,1-4H3;4H2,1-3H3,(H,7,8). The van der Waals surface area contributed by atoms with Gasteiger partial charge in [0.25, 0.3) is 12.2 Å². The Morgan fingerprint density at radius 3 is 1.31 bits per heavy atom. The first-order valence-corrected chi connectivity index (χ1v) is 46.4. The molecule has 0 aromatic heterocycles. The summed E-state index contributed by atoms with van der Waals surface area (Å²) in [4.78, 5) is 132. The molecule has 137 heavy (non-hydrogen) atoms. The van der Waals surface area contributed by atoms with Gasteiger partial charge in [-0.15, -0.1) is 0 Å². The summed E-state index contributed by atoms with van der Waals surface area (Å²) in [6.07, 6.45) is -43.0. The lowest BCUT2D eigenvalue weighted by Gasteiger charge is -2.36. The van der Waals surface area contributed by atoms with E-state index >= 15 is 0 Å². The second kappa shape index (κ2) is 43.9. The number of fused-ring (bicyclic) bond motifs is 7. The summed E-state index contributed by atoms with van der Waals surface area (Å²) in [6.45, 7) is 42.5. The minimum atomic E-state index is -5.81. The summed E-state index contributed by atoms with van der Waals surface area (Å²) < 4.78 is 274. The van der Waals surface area contributed by atoms with Crippen molar-refractivity contribution in [2.24, 2.45) is 56.2 Å². The Bertz CT molecular complexity index is 4320. The summed E-state index contributed by atoms with van der Waals surface area (Å²) >= 11 is 0. The Hall–Kier alpha value is -7.90. The van der Waals surface area contributed by atoms with Crippen LogP contribution in [-0.2, 0) is 134 Å². The molecule has 18 unspecified atom stereocenters. The molecule has 782 valence electrons. The summed E-state index contributed by atoms with van der Waals surface area (Å²) in [7, 11) is 0. The average molecular weight is 2000 g/mol. The van der Waals surface area contributed by atoms with E-state index in [1.54, 1.807) is 69.2 Å². The van der Waals surface area contributed by atoms with E-state index in [9.17, 15) is 119 Å². The van der Waals surface area contributed by atoms with Crippen LogP contribution in [0.25, 0.3) is 0 Å². The number of halogens is 15. The molecule has 1 spiro atoms. The first-order chi connectivity index (χ1) is 62.6. The maximum absolute atomic E-state index is 12.7. The maximum atomic E-state index is 12.7. The average Bonchev–Trinajstić information content (AvgIpc) is 1.52. The van der Waals surface area contributed by atoms with Crippen molar-refractivity contribution < 1.29 is 199 Å². The number of hydrogen-bond donors (Lipinski definition) is 1. The van der Waals surface area contributed by atoms with Gasteiger partial charge in [-0.05, 0) is 208 Å². The number of ether oxygens (including phenoxy) is 16. The van der Waals surface area contributed by atoms with Crippen molar-refractivity contribution in [3.8, 4) is 0 Å². The van der Waals surface area contributed by atoms with Crippen LogP contribution in [0.1, 0.15) is 298 Å². The fraction of sp³-hybridized carbons (Fsp3) is 0.819. The van der Waals surface area contributed by atoms with Crippen molar-refractivity contribution in [2.75, 3.05) is 0 Å². The first kappa shape index (κ1) is 116. The summed E-state index contributed by atoms with van der Waals surface area (Å²) in [5, 5.41) is 8.44. The zero-order chi connectivity index (χ0) is 104. The number of carbonyl (C=O) groups excluding carboxylic acids is 10. The highest BCUT2D eigenvalue weighted by Gasteiger charge is 2.77. The number of rotatable bonds is 25. The van der Waals surface area contributed by atoms with Crippen molar-refractivity contribution in [2.45, 2.75) is 433 Å². The number of esters is 10. The van der Waals surface area contributed by atoms with E-state index in [2.05, 4.69) is 80.0 Å². The van der Waals surface area contributed by atoms with Gasteiger partial charge in [-0.3, -0.25) is 43.2 Å². The molecule has 0 amide bonds. The topological polar surface area (TPSA) is 356 Å². The molecule has 18 atom stereocenters. The van der Waals surface area contributed by atoms with Crippen LogP contribution < -0.4 is 0 Å². The van der Waals surface area contributed by atoms with E-state index in [4.69, 9.17) is 66.7 Å². The Morgan fingerprint density at radius 1 is 0.482 bits per heavy atom. The molecule has 1 aromatic rings. The van der Waals surface area contributed by atoms with Crippen molar-refractivity contribution in [1.82, 2.24) is 0 Å². The van der Waals surface area contributed by atoms with Gasteiger partial charge in [0.15, 0.2) is 60.1 Å². The number of alkyl halides is 15. The molecule has 43 heteroatoms. The van der Waals surface area contributed by atoms with Crippen LogP contribution in [0.15, 0.2) is 24.3 Å². The number of benzene rings is 1. The summed E-state index contributed by atoms with van der Waals surface area (Å²) in [5.41, 5.74) is -1.83. The highest BCUT2D eigenvalue weighted by atomic mass is 19.4. The van der Waals surface area contributed by atoms with Crippen molar-refractivity contribution >= 4 is 65.7 Å². The Kier molecular flexibility index (Phi) is 37.2. The van der Waals surface area contributed by atoms with Crippen LogP contribution in [0.3, 0.4) is 0 Å². The molecule has 7 aliphatic heterocycles. The van der Waals surface area contributed by atoms with Crippen LogP contribution in [0.5, 0.6) is 0 Å². The SMILES string of the molecule is CCC(C)(C)C(=O)O.CCC(C)(C)C(=O)OC1C(=O)OC2C3OC(C)(CCCC(=O)OC(C(F)(F)F)C(F)(F)F)OC3OC12.CCC(C)(C)C(=O)OC1C(=O)OC2C3OC4(CCC(C(=O)OC(C(F)(F)F)C(F)(F)F)CC4)OC3OC12.CCC(C)(C)C(=O)OC1C2CC3C1OC(=O)C3(C(=O)OC(C)C(F)(F)F)C2.CCC(C)(C)C(=O)OC1CCC(C)CC1.CCC(C)c1ccc(C(C)(C)C)cc1. The molecule has 11 aliphatic rings. The third-order valence-electron chi connectivity index (χ3n) is 28.0. The van der Waals surface area contributed by atoms with Crippen LogP contribution in [-0.4, -0.2) is 211 Å². The van der Waals surface area contributed by atoms with Gasteiger partial charge in [0, 0.05) is 37.5 Å². The number of carboxylic acids is 1. The Labute approximate surface area is 786 Å². The number of carboxylic acid groups (broad SMARTS) is 1. The van der Waals surface area contributed by atoms with Crippen LogP contribution in [0.4, 0.5) is 65.9 Å². The van der Waals surface area contributed by atoms with Crippen molar-refractivity contribution in [1.29, 1.82) is 0 Å². The van der Waals surface area contributed by atoms with E-state index in [0.29, 0.717) is 38.0 Å². The minimum Gasteiger partial charge on any atom is -0.481 e. The highest BCUT2D eigenvalue weighted by molar-refractivity contribution is 6.03. The molecular weight excluding hydrogens is 1860 g/mol. The van der Waals surface area contributed by atoms with Gasteiger partial charge in [-0.25, -0.2) is 9.59 Å². The van der Waals surface area contributed by atoms with E-state index in [1.807, 2.05) is 34.6 Å². The molecule has 0 radical (unpaired) electrons. The smallest absolute Gasteiger partial charge is 0.434 e. The van der Waals surface area contributed by atoms with E-state index in [1.165, 1.54) is 37.3 Å². The molecule has 11 fully saturated rings. The quantitative estimate of drug-likeness (QED) is 0.0411. The molecule has 4 aliphatic carbocycles. The third kappa shape index (κ3) is 28.1. The highest BCUT2D eigenvalue weighted by Crippen LogP contribution is 2.64. The largest absolute Gasteiger partial charge is 0.481 e. The Balaban J connectivity index is 0.000000238. The molecule has 7 heterocycles. The molecule has 1 aromatic carbocycles. The van der Waals surface area contributed by atoms with Gasteiger partial charge in [0.1, 0.15) is 30.5 Å². The fourth-order valence-electron chi connectivity index (χ4n) is 16.2. The Morgan fingerprint density at radius 2 is 0.905 bits per heavy atom. The summed E-state index contributed by atoms with van der Waals surface area (Å²) in [5.74, 6) is -12.9.